The minimum absolute atomic E-state index is 0.0360. The van der Waals surface area contributed by atoms with Crippen LogP contribution >= 0.6 is 15.9 Å². The SMILES string of the molecule is CN1CCC(OC(=O)[C@H]2[C@H](C(=O)Nc3ccc(Br)nc3)[C@@H]3CC[C@H]2C32CC2)C1. The lowest BCUT2D eigenvalue weighted by molar-refractivity contribution is -0.159. The Morgan fingerprint density at radius 1 is 1.21 bits per heavy atom. The summed E-state index contributed by atoms with van der Waals surface area (Å²) < 4.78 is 6.63. The molecule has 4 aliphatic rings. The first-order valence-electron chi connectivity index (χ1n) is 10.3. The number of hydrogen-bond acceptors (Lipinski definition) is 5. The molecule has 6 nitrogen and oxygen atoms in total. The van der Waals surface area contributed by atoms with Gasteiger partial charge in [0.05, 0.1) is 23.7 Å². The number of likely N-dealkylation sites (N-methyl/N-ethyl adjacent to an activating group) is 1. The Labute approximate surface area is 173 Å². The number of ether oxygens (including phenoxy) is 1. The molecule has 3 aliphatic carbocycles. The summed E-state index contributed by atoms with van der Waals surface area (Å²) in [5, 5.41) is 3.01. The zero-order chi connectivity index (χ0) is 19.5. The van der Waals surface area contributed by atoms with Crippen molar-refractivity contribution in [3.05, 3.63) is 22.9 Å². The normalized spacial score (nSPS) is 35.3. The van der Waals surface area contributed by atoms with Gasteiger partial charge in [-0.2, -0.15) is 0 Å². The van der Waals surface area contributed by atoms with Gasteiger partial charge in [-0.05, 0) is 84.5 Å². The minimum atomic E-state index is -0.296. The number of anilines is 1. The Bertz CT molecular complexity index is 795. The zero-order valence-corrected chi connectivity index (χ0v) is 17.7. The summed E-state index contributed by atoms with van der Waals surface area (Å²) in [6.07, 6.45) is 6.91. The number of carbonyl (C=O) groups is 2. The summed E-state index contributed by atoms with van der Waals surface area (Å²) in [7, 11) is 2.05. The van der Waals surface area contributed by atoms with Crippen molar-refractivity contribution >= 4 is 33.5 Å². The van der Waals surface area contributed by atoms with E-state index in [2.05, 4.69) is 31.1 Å². The van der Waals surface area contributed by atoms with E-state index in [1.54, 1.807) is 12.3 Å². The van der Waals surface area contributed by atoms with Crippen molar-refractivity contribution in [3.8, 4) is 0 Å². The molecule has 5 rings (SSSR count). The molecule has 7 heteroatoms. The van der Waals surface area contributed by atoms with Crippen LogP contribution in [0.15, 0.2) is 22.9 Å². The summed E-state index contributed by atoms with van der Waals surface area (Å²) in [4.78, 5) is 32.8. The molecule has 1 aromatic rings. The second-order valence-corrected chi connectivity index (χ2v) is 9.86. The van der Waals surface area contributed by atoms with E-state index in [0.717, 1.165) is 49.8 Å². The monoisotopic (exact) mass is 447 g/mol. The molecule has 1 saturated heterocycles. The fourth-order valence-electron chi connectivity index (χ4n) is 6.24. The molecule has 1 unspecified atom stereocenters. The minimum Gasteiger partial charge on any atom is -0.461 e. The maximum Gasteiger partial charge on any atom is 0.310 e. The molecule has 28 heavy (non-hydrogen) atoms. The first-order valence-corrected chi connectivity index (χ1v) is 11.1. The van der Waals surface area contributed by atoms with E-state index in [4.69, 9.17) is 4.74 Å². The molecule has 150 valence electrons. The third-order valence-corrected chi connectivity index (χ3v) is 8.02. The highest BCUT2D eigenvalue weighted by Crippen LogP contribution is 2.74. The van der Waals surface area contributed by atoms with Crippen LogP contribution in [-0.2, 0) is 14.3 Å². The van der Waals surface area contributed by atoms with E-state index in [-0.39, 0.29) is 35.2 Å². The Kier molecular flexibility index (Phi) is 4.51. The first-order chi connectivity index (χ1) is 13.5. The van der Waals surface area contributed by atoms with Gasteiger partial charge in [-0.15, -0.1) is 0 Å². The van der Waals surface area contributed by atoms with Gasteiger partial charge in [-0.1, -0.05) is 0 Å². The molecule has 4 fully saturated rings. The van der Waals surface area contributed by atoms with E-state index in [1.165, 1.54) is 0 Å². The quantitative estimate of drug-likeness (QED) is 0.566. The predicted octanol–water partition coefficient (Wildman–Crippen LogP) is 3.08. The highest BCUT2D eigenvalue weighted by atomic mass is 79.9. The predicted molar refractivity (Wildman–Crippen MR) is 107 cm³/mol. The highest BCUT2D eigenvalue weighted by Gasteiger charge is 2.72. The number of carbonyl (C=O) groups excluding carboxylic acids is 2. The number of hydrogen-bond donors (Lipinski definition) is 1. The maximum absolute atomic E-state index is 13.2. The van der Waals surface area contributed by atoms with Gasteiger partial charge < -0.3 is 15.0 Å². The van der Waals surface area contributed by atoms with Gasteiger partial charge in [-0.25, -0.2) is 4.98 Å². The second-order valence-electron chi connectivity index (χ2n) is 9.04. The molecule has 0 radical (unpaired) electrons. The number of nitrogens with one attached hydrogen (secondary N) is 1. The standard InChI is InChI=1S/C21H26BrN3O3/c1-25-9-6-13(11-25)28-20(27)18-15-4-3-14(21(15)7-8-21)17(18)19(26)24-12-2-5-16(22)23-10-12/h2,5,10,13-15,17-18H,3-4,6-9,11H2,1H3,(H,24,26)/t13?,14-,15+,17+,18+/m0/s1. The van der Waals surface area contributed by atoms with E-state index < -0.39 is 0 Å². The molecular formula is C21H26BrN3O3. The molecule has 1 aliphatic heterocycles. The van der Waals surface area contributed by atoms with Crippen LogP contribution in [-0.4, -0.2) is 48.0 Å². The van der Waals surface area contributed by atoms with Crippen molar-refractivity contribution in [2.24, 2.45) is 29.1 Å². The van der Waals surface area contributed by atoms with Gasteiger partial charge in [0.25, 0.3) is 0 Å². The Morgan fingerprint density at radius 3 is 2.57 bits per heavy atom. The number of halogens is 1. The molecule has 5 atom stereocenters. The number of nitrogens with zero attached hydrogens (tertiary/aromatic N) is 2. The lowest BCUT2D eigenvalue weighted by Gasteiger charge is -2.29. The fraction of sp³-hybridized carbons (Fsp3) is 0.667. The average molecular weight is 448 g/mol. The van der Waals surface area contributed by atoms with Crippen LogP contribution in [0.25, 0.3) is 0 Å². The van der Waals surface area contributed by atoms with Crippen LogP contribution in [0.4, 0.5) is 5.69 Å². The van der Waals surface area contributed by atoms with Crippen LogP contribution in [0.1, 0.15) is 32.1 Å². The summed E-state index contributed by atoms with van der Waals surface area (Å²) in [6.45, 7) is 1.75. The van der Waals surface area contributed by atoms with Crippen LogP contribution in [0, 0.1) is 29.1 Å². The molecule has 2 heterocycles. The molecule has 1 aromatic heterocycles. The van der Waals surface area contributed by atoms with Crippen molar-refractivity contribution in [2.75, 3.05) is 25.5 Å². The largest absolute Gasteiger partial charge is 0.461 e. The topological polar surface area (TPSA) is 71.5 Å². The summed E-state index contributed by atoms with van der Waals surface area (Å²) in [5.74, 6) is -0.152. The van der Waals surface area contributed by atoms with Crippen LogP contribution < -0.4 is 5.32 Å². The Balaban J connectivity index is 1.36. The number of likely N-dealkylation sites (tertiary alicyclic amines) is 1. The van der Waals surface area contributed by atoms with Gasteiger partial charge in [0.15, 0.2) is 0 Å². The molecular weight excluding hydrogens is 422 g/mol. The lowest BCUT2D eigenvalue weighted by Crippen LogP contribution is -2.40. The molecule has 1 spiro atoms. The van der Waals surface area contributed by atoms with Gasteiger partial charge in [-0.3, -0.25) is 9.59 Å². The molecule has 1 N–H and O–H groups in total. The summed E-state index contributed by atoms with van der Waals surface area (Å²) in [5.41, 5.74) is 0.890. The first kappa shape index (κ1) is 18.6. The third-order valence-electron chi connectivity index (χ3n) is 7.55. The van der Waals surface area contributed by atoms with Gasteiger partial charge >= 0.3 is 5.97 Å². The second kappa shape index (κ2) is 6.80. The smallest absolute Gasteiger partial charge is 0.310 e. The number of aromatic nitrogens is 1. The van der Waals surface area contributed by atoms with Crippen LogP contribution in [0.3, 0.4) is 0 Å². The van der Waals surface area contributed by atoms with Crippen LogP contribution in [0.2, 0.25) is 0 Å². The van der Waals surface area contributed by atoms with Crippen molar-refractivity contribution in [1.29, 1.82) is 0 Å². The van der Waals surface area contributed by atoms with Crippen molar-refractivity contribution < 1.29 is 14.3 Å². The third kappa shape index (κ3) is 2.98. The van der Waals surface area contributed by atoms with E-state index in [0.29, 0.717) is 17.5 Å². The van der Waals surface area contributed by atoms with Crippen LogP contribution in [0.5, 0.6) is 0 Å². The maximum atomic E-state index is 13.2. The number of pyridine rings is 1. The van der Waals surface area contributed by atoms with Crippen molar-refractivity contribution in [3.63, 3.8) is 0 Å². The number of rotatable bonds is 4. The lowest BCUT2D eigenvalue weighted by atomic mass is 9.78. The van der Waals surface area contributed by atoms with E-state index >= 15 is 0 Å². The van der Waals surface area contributed by atoms with E-state index in [9.17, 15) is 9.59 Å². The molecule has 3 saturated carbocycles. The summed E-state index contributed by atoms with van der Waals surface area (Å²) in [6, 6.07) is 3.64. The Morgan fingerprint density at radius 2 is 1.96 bits per heavy atom. The number of amides is 1. The average Bonchev–Trinajstić information content (AvgIpc) is 3.16. The van der Waals surface area contributed by atoms with E-state index in [1.807, 2.05) is 13.1 Å². The van der Waals surface area contributed by atoms with Crippen molar-refractivity contribution in [2.45, 2.75) is 38.2 Å². The Hall–Kier alpha value is -1.47. The molecule has 1 amide bonds. The highest BCUT2D eigenvalue weighted by molar-refractivity contribution is 9.10. The number of esters is 1. The molecule has 0 aromatic carbocycles. The van der Waals surface area contributed by atoms with Gasteiger partial charge in [0.1, 0.15) is 10.7 Å². The zero-order valence-electron chi connectivity index (χ0n) is 16.1. The van der Waals surface area contributed by atoms with Gasteiger partial charge in [0, 0.05) is 13.1 Å². The molecule has 2 bridgehead atoms. The summed E-state index contributed by atoms with van der Waals surface area (Å²) >= 11 is 3.31. The van der Waals surface area contributed by atoms with Crippen molar-refractivity contribution in [1.82, 2.24) is 9.88 Å². The fourth-order valence-corrected chi connectivity index (χ4v) is 6.47. The van der Waals surface area contributed by atoms with Gasteiger partial charge in [0.2, 0.25) is 5.91 Å².